The number of anilines is 1. The van der Waals surface area contributed by atoms with Gasteiger partial charge < -0.3 is 19.4 Å². The van der Waals surface area contributed by atoms with Gasteiger partial charge in [0.25, 0.3) is 0 Å². The van der Waals surface area contributed by atoms with Gasteiger partial charge in [-0.05, 0) is 26.3 Å². The standard InChI is InChI=1S/C13H26N4O2/c1-10(2)8-14-9-12-15-16-13(19-12)17(11(3)4)6-7-18-5/h10-11,14H,6-9H2,1-5H3. The van der Waals surface area contributed by atoms with Crippen LogP contribution in [0.1, 0.15) is 33.6 Å². The molecule has 0 atom stereocenters. The molecule has 0 fully saturated rings. The van der Waals surface area contributed by atoms with Crippen LogP contribution in [0.5, 0.6) is 0 Å². The lowest BCUT2D eigenvalue weighted by atomic mass is 10.2. The minimum Gasteiger partial charge on any atom is -0.407 e. The first kappa shape index (κ1) is 15.9. The molecule has 1 heterocycles. The molecule has 6 nitrogen and oxygen atoms in total. The molecular formula is C13H26N4O2. The lowest BCUT2D eigenvalue weighted by Crippen LogP contribution is -2.34. The maximum atomic E-state index is 5.67. The number of rotatable bonds is 9. The van der Waals surface area contributed by atoms with Crippen LogP contribution in [-0.2, 0) is 11.3 Å². The molecule has 0 radical (unpaired) electrons. The molecule has 0 saturated carbocycles. The molecule has 6 heteroatoms. The van der Waals surface area contributed by atoms with Crippen LogP contribution in [0.4, 0.5) is 6.01 Å². The zero-order valence-electron chi connectivity index (χ0n) is 12.6. The molecule has 0 unspecified atom stereocenters. The fourth-order valence-electron chi connectivity index (χ4n) is 1.66. The number of ether oxygens (including phenoxy) is 1. The highest BCUT2D eigenvalue weighted by atomic mass is 16.5. The third kappa shape index (κ3) is 5.57. The third-order valence-electron chi connectivity index (χ3n) is 2.69. The number of hydrogen-bond donors (Lipinski definition) is 1. The molecular weight excluding hydrogens is 244 g/mol. The van der Waals surface area contributed by atoms with Crippen molar-refractivity contribution < 1.29 is 9.15 Å². The minimum atomic E-state index is 0.298. The molecule has 0 amide bonds. The molecule has 0 aliphatic heterocycles. The molecule has 0 aliphatic rings. The van der Waals surface area contributed by atoms with Gasteiger partial charge in [0.05, 0.1) is 13.2 Å². The van der Waals surface area contributed by atoms with Gasteiger partial charge in [0, 0.05) is 19.7 Å². The summed E-state index contributed by atoms with van der Waals surface area (Å²) >= 11 is 0. The summed E-state index contributed by atoms with van der Waals surface area (Å²) in [6.45, 7) is 11.5. The predicted molar refractivity (Wildman–Crippen MR) is 75.2 cm³/mol. The minimum absolute atomic E-state index is 0.298. The van der Waals surface area contributed by atoms with Crippen LogP contribution in [0.2, 0.25) is 0 Å². The molecule has 19 heavy (non-hydrogen) atoms. The average Bonchev–Trinajstić information content (AvgIpc) is 2.77. The zero-order chi connectivity index (χ0) is 14.3. The topological polar surface area (TPSA) is 63.4 Å². The van der Waals surface area contributed by atoms with Crippen molar-refractivity contribution in [3.8, 4) is 0 Å². The van der Waals surface area contributed by atoms with E-state index in [0.717, 1.165) is 13.1 Å². The molecule has 0 aromatic carbocycles. The van der Waals surface area contributed by atoms with E-state index in [9.17, 15) is 0 Å². The molecule has 1 aromatic heterocycles. The van der Waals surface area contributed by atoms with Crippen LogP contribution in [0.15, 0.2) is 4.42 Å². The molecule has 0 spiro atoms. The van der Waals surface area contributed by atoms with Crippen molar-refractivity contribution in [1.29, 1.82) is 0 Å². The lowest BCUT2D eigenvalue weighted by molar-refractivity contribution is 0.202. The highest BCUT2D eigenvalue weighted by Gasteiger charge is 2.17. The molecule has 1 N–H and O–H groups in total. The fourth-order valence-corrected chi connectivity index (χ4v) is 1.66. The van der Waals surface area contributed by atoms with E-state index in [4.69, 9.17) is 9.15 Å². The summed E-state index contributed by atoms with van der Waals surface area (Å²) in [7, 11) is 1.69. The Morgan fingerprint density at radius 3 is 2.58 bits per heavy atom. The summed E-state index contributed by atoms with van der Waals surface area (Å²) in [5.74, 6) is 1.23. The SMILES string of the molecule is COCCN(c1nnc(CNCC(C)C)o1)C(C)C. The smallest absolute Gasteiger partial charge is 0.318 e. The van der Waals surface area contributed by atoms with Crippen molar-refractivity contribution in [2.24, 2.45) is 5.92 Å². The first-order valence-corrected chi connectivity index (χ1v) is 6.83. The Labute approximate surface area is 115 Å². The number of hydrogen-bond acceptors (Lipinski definition) is 6. The van der Waals surface area contributed by atoms with Crippen LogP contribution in [0, 0.1) is 5.92 Å². The van der Waals surface area contributed by atoms with E-state index in [1.807, 2.05) is 4.90 Å². The molecule has 1 rings (SSSR count). The fraction of sp³-hybridized carbons (Fsp3) is 0.846. The van der Waals surface area contributed by atoms with Crippen LogP contribution >= 0.6 is 0 Å². The Bertz CT molecular complexity index is 352. The quantitative estimate of drug-likeness (QED) is 0.736. The predicted octanol–water partition coefficient (Wildman–Crippen LogP) is 1.68. The average molecular weight is 270 g/mol. The number of methoxy groups -OCH3 is 1. The Balaban J connectivity index is 2.54. The van der Waals surface area contributed by atoms with Crippen molar-refractivity contribution in [2.75, 3.05) is 31.7 Å². The van der Waals surface area contributed by atoms with Gasteiger partial charge in [0.2, 0.25) is 5.89 Å². The number of aromatic nitrogens is 2. The number of nitrogens with one attached hydrogen (secondary N) is 1. The number of nitrogens with zero attached hydrogens (tertiary/aromatic N) is 3. The van der Waals surface area contributed by atoms with Gasteiger partial charge in [-0.15, -0.1) is 5.10 Å². The van der Waals surface area contributed by atoms with Crippen LogP contribution < -0.4 is 10.2 Å². The van der Waals surface area contributed by atoms with Crippen LogP contribution in [-0.4, -0.2) is 43.0 Å². The second-order valence-corrected chi connectivity index (χ2v) is 5.28. The Morgan fingerprint density at radius 2 is 2.00 bits per heavy atom. The monoisotopic (exact) mass is 270 g/mol. The van der Waals surface area contributed by atoms with E-state index in [-0.39, 0.29) is 0 Å². The van der Waals surface area contributed by atoms with E-state index in [1.54, 1.807) is 7.11 Å². The summed E-state index contributed by atoms with van der Waals surface area (Å²) in [6, 6.07) is 0.862. The maximum absolute atomic E-state index is 5.67. The second kappa shape index (κ2) is 8.12. The lowest BCUT2D eigenvalue weighted by Gasteiger charge is -2.23. The first-order chi connectivity index (χ1) is 9.04. The van der Waals surface area contributed by atoms with Crippen LogP contribution in [0.25, 0.3) is 0 Å². The second-order valence-electron chi connectivity index (χ2n) is 5.28. The Kier molecular flexibility index (Phi) is 6.80. The summed E-state index contributed by atoms with van der Waals surface area (Å²) in [5, 5.41) is 11.5. The van der Waals surface area contributed by atoms with Gasteiger partial charge in [-0.25, -0.2) is 0 Å². The largest absolute Gasteiger partial charge is 0.407 e. The summed E-state index contributed by atoms with van der Waals surface area (Å²) in [5.41, 5.74) is 0. The van der Waals surface area contributed by atoms with Crippen molar-refractivity contribution in [1.82, 2.24) is 15.5 Å². The van der Waals surface area contributed by atoms with Crippen molar-refractivity contribution in [3.63, 3.8) is 0 Å². The first-order valence-electron chi connectivity index (χ1n) is 6.83. The Hall–Kier alpha value is -1.14. The molecule has 0 aliphatic carbocycles. The summed E-state index contributed by atoms with van der Waals surface area (Å²) in [4.78, 5) is 2.04. The van der Waals surface area contributed by atoms with Gasteiger partial charge in [-0.2, -0.15) is 0 Å². The molecule has 0 bridgehead atoms. The maximum Gasteiger partial charge on any atom is 0.318 e. The molecule has 110 valence electrons. The third-order valence-corrected chi connectivity index (χ3v) is 2.69. The van der Waals surface area contributed by atoms with Gasteiger partial charge in [0.1, 0.15) is 0 Å². The van der Waals surface area contributed by atoms with Gasteiger partial charge in [0.15, 0.2) is 0 Å². The summed E-state index contributed by atoms with van der Waals surface area (Å²) in [6.07, 6.45) is 0. The van der Waals surface area contributed by atoms with E-state index in [0.29, 0.717) is 37.0 Å². The van der Waals surface area contributed by atoms with Gasteiger partial charge in [-0.1, -0.05) is 18.9 Å². The highest BCUT2D eigenvalue weighted by molar-refractivity contribution is 5.25. The van der Waals surface area contributed by atoms with Crippen LogP contribution in [0.3, 0.4) is 0 Å². The van der Waals surface area contributed by atoms with Crippen molar-refractivity contribution in [3.05, 3.63) is 5.89 Å². The zero-order valence-corrected chi connectivity index (χ0v) is 12.6. The van der Waals surface area contributed by atoms with E-state index in [1.165, 1.54) is 0 Å². The van der Waals surface area contributed by atoms with E-state index >= 15 is 0 Å². The van der Waals surface area contributed by atoms with E-state index in [2.05, 4.69) is 43.2 Å². The van der Waals surface area contributed by atoms with Crippen molar-refractivity contribution >= 4 is 6.01 Å². The normalized spacial score (nSPS) is 11.5. The van der Waals surface area contributed by atoms with Gasteiger partial charge >= 0.3 is 6.01 Å². The van der Waals surface area contributed by atoms with Gasteiger partial charge in [-0.3, -0.25) is 0 Å². The molecule has 1 aromatic rings. The van der Waals surface area contributed by atoms with E-state index < -0.39 is 0 Å². The molecule has 0 saturated heterocycles. The highest BCUT2D eigenvalue weighted by Crippen LogP contribution is 2.14. The van der Waals surface area contributed by atoms with Crippen molar-refractivity contribution in [2.45, 2.75) is 40.3 Å². The Morgan fingerprint density at radius 1 is 1.26 bits per heavy atom. The summed E-state index contributed by atoms with van der Waals surface area (Å²) < 4.78 is 10.8.